The van der Waals surface area contributed by atoms with Gasteiger partial charge in [0.2, 0.25) is 0 Å². The smallest absolute Gasteiger partial charge is 0.358 e. The van der Waals surface area contributed by atoms with Gasteiger partial charge in [-0.3, -0.25) is 0 Å². The highest BCUT2D eigenvalue weighted by Crippen LogP contribution is 2.28. The van der Waals surface area contributed by atoms with E-state index < -0.39 is 23.2 Å². The van der Waals surface area contributed by atoms with E-state index in [1.165, 1.54) is 12.1 Å². The predicted molar refractivity (Wildman–Crippen MR) is 55.7 cm³/mol. The van der Waals surface area contributed by atoms with Crippen molar-refractivity contribution in [1.29, 1.82) is 0 Å². The number of carboxylic acids is 2. The molecule has 0 aliphatic heterocycles. The van der Waals surface area contributed by atoms with Crippen LogP contribution in [0.2, 0.25) is 0 Å². The third kappa shape index (κ3) is 2.35. The molecule has 0 aromatic heterocycles. The fourth-order valence-electron chi connectivity index (χ4n) is 1.29. The fraction of sp³-hybridized carbons (Fsp3) is 0.273. The van der Waals surface area contributed by atoms with Gasteiger partial charge in [0.15, 0.2) is 0 Å². The molecule has 0 aliphatic carbocycles. The first kappa shape index (κ1) is 13.0. The third-order valence-corrected chi connectivity index (χ3v) is 2.15. The van der Waals surface area contributed by atoms with E-state index in [-0.39, 0.29) is 0 Å². The first-order valence-electron chi connectivity index (χ1n) is 4.82. The SMILES string of the molecule is CCOc1ccc(C(F)(C(=O)O)C(=O)O)cc1. The minimum Gasteiger partial charge on any atom is -0.494 e. The maximum Gasteiger partial charge on any atom is 0.358 e. The van der Waals surface area contributed by atoms with Gasteiger partial charge < -0.3 is 14.9 Å². The van der Waals surface area contributed by atoms with E-state index in [0.29, 0.717) is 12.4 Å². The van der Waals surface area contributed by atoms with Crippen molar-refractivity contribution in [2.24, 2.45) is 0 Å². The van der Waals surface area contributed by atoms with Crippen LogP contribution in [-0.2, 0) is 15.3 Å². The van der Waals surface area contributed by atoms with E-state index in [9.17, 15) is 14.0 Å². The van der Waals surface area contributed by atoms with Crippen molar-refractivity contribution in [3.8, 4) is 5.75 Å². The predicted octanol–water partition coefficient (Wildman–Crippen LogP) is 1.42. The number of aliphatic carboxylic acids is 2. The molecule has 0 heterocycles. The monoisotopic (exact) mass is 242 g/mol. The number of carbonyl (C=O) groups is 2. The minimum atomic E-state index is -3.44. The van der Waals surface area contributed by atoms with E-state index in [1.54, 1.807) is 6.92 Å². The van der Waals surface area contributed by atoms with Gasteiger partial charge in [-0.2, -0.15) is 0 Å². The highest BCUT2D eigenvalue weighted by atomic mass is 19.1. The van der Waals surface area contributed by atoms with Crippen LogP contribution in [0, 0.1) is 0 Å². The molecule has 0 saturated carbocycles. The summed E-state index contributed by atoms with van der Waals surface area (Å²) in [5, 5.41) is 17.3. The van der Waals surface area contributed by atoms with Gasteiger partial charge in [-0.1, -0.05) is 12.1 Å². The Bertz CT molecular complexity index is 412. The molecule has 1 aromatic carbocycles. The van der Waals surface area contributed by atoms with E-state index in [4.69, 9.17) is 14.9 Å². The van der Waals surface area contributed by atoms with Crippen LogP contribution in [0.15, 0.2) is 24.3 Å². The maximum absolute atomic E-state index is 13.8. The Labute approximate surface area is 96.4 Å². The second-order valence-corrected chi connectivity index (χ2v) is 3.23. The standard InChI is InChI=1S/C11H11FO5/c1-2-17-8-5-3-7(4-6-8)11(12,9(13)14)10(15)16/h3-6H,2H2,1H3,(H,13,14)(H,15,16). The molecule has 0 unspecified atom stereocenters. The summed E-state index contributed by atoms with van der Waals surface area (Å²) in [4.78, 5) is 21.4. The Morgan fingerprint density at radius 1 is 1.24 bits per heavy atom. The molecule has 17 heavy (non-hydrogen) atoms. The molecule has 0 atom stereocenters. The Balaban J connectivity index is 3.13. The van der Waals surface area contributed by atoms with Crippen LogP contribution in [0.1, 0.15) is 12.5 Å². The van der Waals surface area contributed by atoms with Crippen molar-refractivity contribution in [3.05, 3.63) is 29.8 Å². The molecule has 6 heteroatoms. The number of alkyl halides is 1. The van der Waals surface area contributed by atoms with E-state index in [0.717, 1.165) is 12.1 Å². The van der Waals surface area contributed by atoms with Crippen molar-refractivity contribution in [3.63, 3.8) is 0 Å². The summed E-state index contributed by atoms with van der Waals surface area (Å²) in [6.07, 6.45) is 0. The lowest BCUT2D eigenvalue weighted by atomic mass is 9.96. The average molecular weight is 242 g/mol. The molecule has 0 fully saturated rings. The Hall–Kier alpha value is -2.11. The molecule has 92 valence electrons. The first-order chi connectivity index (χ1) is 7.92. The second-order valence-electron chi connectivity index (χ2n) is 3.23. The lowest BCUT2D eigenvalue weighted by Crippen LogP contribution is -2.39. The average Bonchev–Trinajstić information content (AvgIpc) is 2.28. The van der Waals surface area contributed by atoms with E-state index in [1.807, 2.05) is 0 Å². The molecule has 2 N–H and O–H groups in total. The first-order valence-corrected chi connectivity index (χ1v) is 4.82. The van der Waals surface area contributed by atoms with Gasteiger partial charge in [0.25, 0.3) is 0 Å². The molecule has 1 rings (SSSR count). The Morgan fingerprint density at radius 2 is 1.71 bits per heavy atom. The highest BCUT2D eigenvalue weighted by Gasteiger charge is 2.49. The topological polar surface area (TPSA) is 83.8 Å². The third-order valence-electron chi connectivity index (χ3n) is 2.15. The van der Waals surface area contributed by atoms with Crippen LogP contribution in [0.4, 0.5) is 4.39 Å². The van der Waals surface area contributed by atoms with Crippen LogP contribution in [-0.4, -0.2) is 28.8 Å². The van der Waals surface area contributed by atoms with Gasteiger partial charge in [-0.05, 0) is 19.1 Å². The maximum atomic E-state index is 13.8. The van der Waals surface area contributed by atoms with Crippen molar-refractivity contribution in [2.45, 2.75) is 12.6 Å². The molecule has 1 aromatic rings. The minimum absolute atomic E-state index is 0.401. The lowest BCUT2D eigenvalue weighted by molar-refractivity contribution is -0.167. The van der Waals surface area contributed by atoms with Crippen molar-refractivity contribution < 1.29 is 28.9 Å². The van der Waals surface area contributed by atoms with Crippen molar-refractivity contribution in [2.75, 3.05) is 6.61 Å². The summed E-state index contributed by atoms with van der Waals surface area (Å²) < 4.78 is 18.9. The lowest BCUT2D eigenvalue weighted by Gasteiger charge is -2.16. The van der Waals surface area contributed by atoms with Crippen molar-refractivity contribution in [1.82, 2.24) is 0 Å². The highest BCUT2D eigenvalue weighted by molar-refractivity contribution is 6.02. The summed E-state index contributed by atoms with van der Waals surface area (Å²) in [6, 6.07) is 4.79. The van der Waals surface area contributed by atoms with Crippen LogP contribution in [0.3, 0.4) is 0 Å². The molecule has 0 aliphatic rings. The second kappa shape index (κ2) is 4.82. The number of benzene rings is 1. The summed E-state index contributed by atoms with van der Waals surface area (Å²) in [7, 11) is 0. The van der Waals surface area contributed by atoms with Gasteiger partial charge in [0, 0.05) is 5.56 Å². The Morgan fingerprint density at radius 3 is 2.06 bits per heavy atom. The number of hydrogen-bond acceptors (Lipinski definition) is 3. The zero-order valence-corrected chi connectivity index (χ0v) is 9.01. The van der Waals surface area contributed by atoms with Gasteiger partial charge >= 0.3 is 17.6 Å². The molecular formula is C11H11FO5. The number of halogens is 1. The number of hydrogen-bond donors (Lipinski definition) is 2. The largest absolute Gasteiger partial charge is 0.494 e. The van der Waals surface area contributed by atoms with Crippen molar-refractivity contribution >= 4 is 11.9 Å². The van der Waals surface area contributed by atoms with E-state index in [2.05, 4.69) is 0 Å². The van der Waals surface area contributed by atoms with Crippen LogP contribution in [0.5, 0.6) is 5.75 Å². The molecule has 0 saturated heterocycles. The number of carboxylic acid groups (broad SMARTS) is 2. The van der Waals surface area contributed by atoms with Crippen LogP contribution in [0.25, 0.3) is 0 Å². The van der Waals surface area contributed by atoms with Gasteiger partial charge in [-0.15, -0.1) is 0 Å². The summed E-state index contributed by atoms with van der Waals surface area (Å²) in [5.41, 5.74) is -3.90. The molecular weight excluding hydrogens is 231 g/mol. The van der Waals surface area contributed by atoms with Crippen LogP contribution < -0.4 is 4.74 Å². The van der Waals surface area contributed by atoms with E-state index >= 15 is 0 Å². The summed E-state index contributed by atoms with van der Waals surface area (Å²) >= 11 is 0. The normalized spacial score (nSPS) is 10.9. The summed E-state index contributed by atoms with van der Waals surface area (Å²) in [6.45, 7) is 2.15. The zero-order valence-electron chi connectivity index (χ0n) is 9.01. The quantitative estimate of drug-likeness (QED) is 0.763. The molecule has 0 radical (unpaired) electrons. The number of ether oxygens (including phenoxy) is 1. The molecule has 0 bridgehead atoms. The van der Waals surface area contributed by atoms with Crippen LogP contribution >= 0.6 is 0 Å². The van der Waals surface area contributed by atoms with Gasteiger partial charge in [0.05, 0.1) is 6.61 Å². The van der Waals surface area contributed by atoms with Gasteiger partial charge in [-0.25, -0.2) is 14.0 Å². The Kier molecular flexibility index (Phi) is 3.67. The van der Waals surface area contributed by atoms with Gasteiger partial charge in [0.1, 0.15) is 5.75 Å². The summed E-state index contributed by atoms with van der Waals surface area (Å²) in [5.74, 6) is -3.71. The molecule has 0 spiro atoms. The molecule has 5 nitrogen and oxygen atoms in total. The molecule has 0 amide bonds. The zero-order chi connectivity index (χ0) is 13.1. The number of rotatable bonds is 5. The fourth-order valence-corrected chi connectivity index (χ4v) is 1.29.